The summed E-state index contributed by atoms with van der Waals surface area (Å²) in [5.74, 6) is 1.03. The summed E-state index contributed by atoms with van der Waals surface area (Å²) in [7, 11) is 0. The van der Waals surface area contributed by atoms with E-state index in [1.165, 1.54) is 6.33 Å². The van der Waals surface area contributed by atoms with Crippen LogP contribution in [0.4, 0.5) is 0 Å². The molecular weight excluding hydrogens is 180 g/mol. The number of hydrogen-bond acceptors (Lipinski definition) is 4. The normalized spacial score (nSPS) is 9.57. The van der Waals surface area contributed by atoms with Crippen LogP contribution in [0.25, 0.3) is 0 Å². The zero-order valence-electron chi connectivity index (χ0n) is 8.49. The Morgan fingerprint density at radius 1 is 1.36 bits per heavy atom. The second-order valence-electron chi connectivity index (χ2n) is 2.87. The lowest BCUT2D eigenvalue weighted by molar-refractivity contribution is 0.310. The standard InChI is InChI=1S/C10H14N2O2/c1-4-13-9-5-10(12-7-11-9)14-6-8(2)3/h5,7H,2,4,6H2,1,3H3. The van der Waals surface area contributed by atoms with Crippen molar-refractivity contribution in [2.75, 3.05) is 13.2 Å². The minimum Gasteiger partial charge on any atom is -0.478 e. The summed E-state index contributed by atoms with van der Waals surface area (Å²) in [6.45, 7) is 8.56. The zero-order chi connectivity index (χ0) is 10.4. The maximum Gasteiger partial charge on any atom is 0.220 e. The van der Waals surface area contributed by atoms with Crippen LogP contribution in [0.15, 0.2) is 24.5 Å². The Balaban J connectivity index is 2.58. The van der Waals surface area contributed by atoms with Crippen LogP contribution >= 0.6 is 0 Å². The molecule has 1 rings (SSSR count). The summed E-state index contributed by atoms with van der Waals surface area (Å²) in [5.41, 5.74) is 0.946. The summed E-state index contributed by atoms with van der Waals surface area (Å²) in [4.78, 5) is 7.86. The molecule has 1 aromatic rings. The van der Waals surface area contributed by atoms with E-state index in [0.29, 0.717) is 25.0 Å². The van der Waals surface area contributed by atoms with Crippen LogP contribution in [0.2, 0.25) is 0 Å². The molecule has 0 radical (unpaired) electrons. The first kappa shape index (κ1) is 10.5. The Labute approximate surface area is 83.6 Å². The Kier molecular flexibility index (Phi) is 3.91. The van der Waals surface area contributed by atoms with E-state index in [-0.39, 0.29) is 0 Å². The van der Waals surface area contributed by atoms with Crippen molar-refractivity contribution in [3.05, 3.63) is 24.5 Å². The first-order valence-corrected chi connectivity index (χ1v) is 4.44. The number of ether oxygens (including phenoxy) is 2. The van der Waals surface area contributed by atoms with E-state index in [4.69, 9.17) is 9.47 Å². The third kappa shape index (κ3) is 3.43. The number of hydrogen-bond donors (Lipinski definition) is 0. The van der Waals surface area contributed by atoms with Crippen LogP contribution in [0.3, 0.4) is 0 Å². The Morgan fingerprint density at radius 2 is 2.00 bits per heavy atom. The van der Waals surface area contributed by atoms with Gasteiger partial charge in [0.15, 0.2) is 0 Å². The summed E-state index contributed by atoms with van der Waals surface area (Å²) in [6, 6.07) is 1.66. The van der Waals surface area contributed by atoms with Gasteiger partial charge in [-0.05, 0) is 19.4 Å². The van der Waals surface area contributed by atoms with E-state index >= 15 is 0 Å². The molecule has 0 aliphatic rings. The summed E-state index contributed by atoms with van der Waals surface area (Å²) < 4.78 is 10.5. The van der Waals surface area contributed by atoms with Crippen LogP contribution in [-0.4, -0.2) is 23.2 Å². The molecule has 14 heavy (non-hydrogen) atoms. The van der Waals surface area contributed by atoms with Gasteiger partial charge in [0.05, 0.1) is 12.7 Å². The van der Waals surface area contributed by atoms with Gasteiger partial charge in [0.25, 0.3) is 0 Å². The Bertz CT molecular complexity index is 313. The highest BCUT2D eigenvalue weighted by Crippen LogP contribution is 2.13. The van der Waals surface area contributed by atoms with Gasteiger partial charge >= 0.3 is 0 Å². The quantitative estimate of drug-likeness (QED) is 0.671. The van der Waals surface area contributed by atoms with Gasteiger partial charge in [-0.25, -0.2) is 9.97 Å². The van der Waals surface area contributed by atoms with Crippen molar-refractivity contribution in [2.45, 2.75) is 13.8 Å². The molecule has 0 unspecified atom stereocenters. The molecule has 0 saturated carbocycles. The van der Waals surface area contributed by atoms with E-state index < -0.39 is 0 Å². The van der Waals surface area contributed by atoms with Gasteiger partial charge in [0, 0.05) is 0 Å². The third-order valence-corrected chi connectivity index (χ3v) is 1.38. The molecule has 0 amide bonds. The van der Waals surface area contributed by atoms with Crippen molar-refractivity contribution in [1.29, 1.82) is 0 Å². The molecule has 4 heteroatoms. The van der Waals surface area contributed by atoms with Crippen molar-refractivity contribution < 1.29 is 9.47 Å². The fraction of sp³-hybridized carbons (Fsp3) is 0.400. The smallest absolute Gasteiger partial charge is 0.220 e. The molecular formula is C10H14N2O2. The van der Waals surface area contributed by atoms with E-state index in [0.717, 1.165) is 5.57 Å². The van der Waals surface area contributed by atoms with Gasteiger partial charge in [-0.2, -0.15) is 0 Å². The maximum absolute atomic E-state index is 5.32. The fourth-order valence-corrected chi connectivity index (χ4v) is 0.826. The first-order valence-electron chi connectivity index (χ1n) is 4.44. The summed E-state index contributed by atoms with van der Waals surface area (Å²) >= 11 is 0. The Hall–Kier alpha value is -1.58. The predicted molar refractivity (Wildman–Crippen MR) is 53.5 cm³/mol. The summed E-state index contributed by atoms with van der Waals surface area (Å²) in [5, 5.41) is 0. The Morgan fingerprint density at radius 3 is 2.57 bits per heavy atom. The van der Waals surface area contributed by atoms with Gasteiger partial charge in [0.2, 0.25) is 11.8 Å². The molecule has 0 saturated heterocycles. The highest BCUT2D eigenvalue weighted by molar-refractivity contribution is 5.18. The molecule has 0 fully saturated rings. The monoisotopic (exact) mass is 194 g/mol. The molecule has 0 atom stereocenters. The average molecular weight is 194 g/mol. The van der Waals surface area contributed by atoms with Gasteiger partial charge in [-0.3, -0.25) is 0 Å². The second kappa shape index (κ2) is 5.21. The molecule has 1 heterocycles. The molecule has 1 aromatic heterocycles. The minimum atomic E-state index is 0.461. The lowest BCUT2D eigenvalue weighted by Crippen LogP contribution is -2.01. The minimum absolute atomic E-state index is 0.461. The molecule has 0 spiro atoms. The highest BCUT2D eigenvalue weighted by atomic mass is 16.5. The molecule has 0 N–H and O–H groups in total. The van der Waals surface area contributed by atoms with Crippen LogP contribution in [0, 0.1) is 0 Å². The van der Waals surface area contributed by atoms with Crippen molar-refractivity contribution in [1.82, 2.24) is 9.97 Å². The van der Waals surface area contributed by atoms with Crippen molar-refractivity contribution in [2.24, 2.45) is 0 Å². The third-order valence-electron chi connectivity index (χ3n) is 1.38. The molecule has 0 aliphatic heterocycles. The topological polar surface area (TPSA) is 44.2 Å². The van der Waals surface area contributed by atoms with Crippen LogP contribution in [0.1, 0.15) is 13.8 Å². The lowest BCUT2D eigenvalue weighted by atomic mass is 10.4. The zero-order valence-corrected chi connectivity index (χ0v) is 8.49. The average Bonchev–Trinajstić information content (AvgIpc) is 2.16. The van der Waals surface area contributed by atoms with Gasteiger partial charge < -0.3 is 9.47 Å². The largest absolute Gasteiger partial charge is 0.478 e. The van der Waals surface area contributed by atoms with E-state index in [1.807, 2.05) is 13.8 Å². The first-order chi connectivity index (χ1) is 6.72. The molecule has 0 aromatic carbocycles. The van der Waals surface area contributed by atoms with E-state index in [1.54, 1.807) is 6.07 Å². The van der Waals surface area contributed by atoms with Crippen LogP contribution < -0.4 is 9.47 Å². The van der Waals surface area contributed by atoms with Crippen molar-refractivity contribution in [3.8, 4) is 11.8 Å². The van der Waals surface area contributed by atoms with Crippen molar-refractivity contribution >= 4 is 0 Å². The number of rotatable bonds is 5. The van der Waals surface area contributed by atoms with E-state index in [2.05, 4.69) is 16.5 Å². The van der Waals surface area contributed by atoms with Gasteiger partial charge in [-0.15, -0.1) is 0 Å². The summed E-state index contributed by atoms with van der Waals surface area (Å²) in [6.07, 6.45) is 1.42. The van der Waals surface area contributed by atoms with Crippen LogP contribution in [0.5, 0.6) is 11.8 Å². The lowest BCUT2D eigenvalue weighted by Gasteiger charge is -2.05. The highest BCUT2D eigenvalue weighted by Gasteiger charge is 1.99. The van der Waals surface area contributed by atoms with Gasteiger partial charge in [0.1, 0.15) is 12.9 Å². The van der Waals surface area contributed by atoms with Crippen molar-refractivity contribution in [3.63, 3.8) is 0 Å². The molecule has 4 nitrogen and oxygen atoms in total. The number of nitrogens with zero attached hydrogens (tertiary/aromatic N) is 2. The van der Waals surface area contributed by atoms with Crippen LogP contribution in [-0.2, 0) is 0 Å². The molecule has 0 bridgehead atoms. The number of aromatic nitrogens is 2. The molecule has 0 aliphatic carbocycles. The second-order valence-corrected chi connectivity index (χ2v) is 2.87. The van der Waals surface area contributed by atoms with Gasteiger partial charge in [-0.1, -0.05) is 6.58 Å². The fourth-order valence-electron chi connectivity index (χ4n) is 0.826. The van der Waals surface area contributed by atoms with E-state index in [9.17, 15) is 0 Å². The SMILES string of the molecule is C=C(C)COc1cc(OCC)ncn1. The maximum atomic E-state index is 5.32. The predicted octanol–water partition coefficient (Wildman–Crippen LogP) is 1.83. The molecule has 76 valence electrons.